The fourth-order valence-corrected chi connectivity index (χ4v) is 2.68. The van der Waals surface area contributed by atoms with Gasteiger partial charge in [0, 0.05) is 12.7 Å². The van der Waals surface area contributed by atoms with E-state index in [9.17, 15) is 14.9 Å². The second-order valence-corrected chi connectivity index (χ2v) is 6.20. The second-order valence-electron chi connectivity index (χ2n) is 6.20. The molecule has 0 radical (unpaired) electrons. The maximum absolute atomic E-state index is 12.8. The van der Waals surface area contributed by atoms with Gasteiger partial charge in [-0.05, 0) is 42.7 Å². The van der Waals surface area contributed by atoms with E-state index in [0.717, 1.165) is 29.1 Å². The van der Waals surface area contributed by atoms with Crippen LogP contribution >= 0.6 is 0 Å². The standard InChI is InChI=1S/C21H24N2O4/c1-4-5-11-27-17-8-6-16(7-9-17)13-18-15(2)19(14-22)21(25)23(20(18)24)10-12-26-3/h6-9,13H,4-5,10-12H2,1-3H3/b18-13+. The molecule has 0 spiro atoms. The SMILES string of the molecule is CCCCOc1ccc(/C=C2/C(=O)N(CCOC)C(=O)C(C#N)=C2C)cc1. The first kappa shape index (κ1) is 20.4. The van der Waals surface area contributed by atoms with Crippen LogP contribution in [0.5, 0.6) is 5.75 Å². The normalized spacial score (nSPS) is 16.1. The molecule has 1 aromatic rings. The van der Waals surface area contributed by atoms with Crippen molar-refractivity contribution in [2.75, 3.05) is 26.9 Å². The first-order chi connectivity index (χ1) is 13.0. The van der Waals surface area contributed by atoms with Gasteiger partial charge < -0.3 is 9.47 Å². The largest absolute Gasteiger partial charge is 0.494 e. The maximum atomic E-state index is 12.8. The monoisotopic (exact) mass is 368 g/mol. The fourth-order valence-electron chi connectivity index (χ4n) is 2.68. The molecule has 0 N–H and O–H groups in total. The highest BCUT2D eigenvalue weighted by Gasteiger charge is 2.35. The molecule has 142 valence electrons. The minimum absolute atomic E-state index is 0.0172. The number of amides is 2. The number of rotatable bonds is 8. The summed E-state index contributed by atoms with van der Waals surface area (Å²) in [5.41, 5.74) is 1.50. The van der Waals surface area contributed by atoms with E-state index in [1.165, 1.54) is 7.11 Å². The molecule has 0 saturated carbocycles. The molecule has 1 aliphatic heterocycles. The molecule has 0 atom stereocenters. The first-order valence-electron chi connectivity index (χ1n) is 8.94. The van der Waals surface area contributed by atoms with Gasteiger partial charge in [-0.2, -0.15) is 5.26 Å². The van der Waals surface area contributed by atoms with Gasteiger partial charge in [0.2, 0.25) is 0 Å². The van der Waals surface area contributed by atoms with E-state index >= 15 is 0 Å². The number of hydrogen-bond donors (Lipinski definition) is 0. The lowest BCUT2D eigenvalue weighted by molar-refractivity contribution is -0.141. The lowest BCUT2D eigenvalue weighted by Crippen LogP contribution is -2.44. The Bertz CT molecular complexity index is 800. The van der Waals surface area contributed by atoms with Gasteiger partial charge in [-0.15, -0.1) is 0 Å². The van der Waals surface area contributed by atoms with Gasteiger partial charge in [0.05, 0.1) is 19.8 Å². The quantitative estimate of drug-likeness (QED) is 0.400. The topological polar surface area (TPSA) is 79.6 Å². The van der Waals surface area contributed by atoms with Crippen molar-refractivity contribution in [1.82, 2.24) is 4.90 Å². The Labute approximate surface area is 159 Å². The Balaban J connectivity index is 2.31. The number of carbonyl (C=O) groups excluding carboxylic acids is 2. The second kappa shape index (κ2) is 9.70. The van der Waals surface area contributed by atoms with Crippen molar-refractivity contribution in [1.29, 1.82) is 5.26 Å². The number of unbranched alkanes of at least 4 members (excludes halogenated alkanes) is 1. The number of carbonyl (C=O) groups is 2. The van der Waals surface area contributed by atoms with Gasteiger partial charge >= 0.3 is 0 Å². The summed E-state index contributed by atoms with van der Waals surface area (Å²) < 4.78 is 10.6. The minimum atomic E-state index is -0.575. The number of benzene rings is 1. The third-order valence-electron chi connectivity index (χ3n) is 4.30. The summed E-state index contributed by atoms with van der Waals surface area (Å²) >= 11 is 0. The van der Waals surface area contributed by atoms with E-state index in [0.29, 0.717) is 17.8 Å². The predicted octanol–water partition coefficient (Wildman–Crippen LogP) is 3.10. The van der Waals surface area contributed by atoms with Crippen molar-refractivity contribution >= 4 is 17.9 Å². The number of imide groups is 1. The number of methoxy groups -OCH3 is 1. The molecule has 2 amide bonds. The number of nitrogens with zero attached hydrogens (tertiary/aromatic N) is 2. The zero-order chi connectivity index (χ0) is 19.8. The van der Waals surface area contributed by atoms with Crippen LogP contribution in [0.15, 0.2) is 41.0 Å². The van der Waals surface area contributed by atoms with Crippen LogP contribution in [0, 0.1) is 11.3 Å². The smallest absolute Gasteiger partial charge is 0.271 e. The molecular formula is C21H24N2O4. The summed E-state index contributed by atoms with van der Waals surface area (Å²) in [5.74, 6) is -0.229. The van der Waals surface area contributed by atoms with E-state index in [2.05, 4.69) is 6.92 Å². The maximum Gasteiger partial charge on any atom is 0.271 e. The molecule has 0 fully saturated rings. The van der Waals surface area contributed by atoms with Gasteiger partial charge in [0.25, 0.3) is 11.8 Å². The number of nitriles is 1. The molecule has 27 heavy (non-hydrogen) atoms. The molecule has 0 saturated heterocycles. The number of ether oxygens (including phenoxy) is 2. The van der Waals surface area contributed by atoms with Crippen molar-refractivity contribution in [3.8, 4) is 11.8 Å². The van der Waals surface area contributed by atoms with Gasteiger partial charge in [-0.1, -0.05) is 25.5 Å². The van der Waals surface area contributed by atoms with Crippen molar-refractivity contribution in [3.63, 3.8) is 0 Å². The third kappa shape index (κ3) is 4.83. The van der Waals surface area contributed by atoms with Gasteiger partial charge in [-0.25, -0.2) is 0 Å². The van der Waals surface area contributed by atoms with Crippen LogP contribution in [0.2, 0.25) is 0 Å². The Morgan fingerprint density at radius 2 is 1.85 bits per heavy atom. The van der Waals surface area contributed by atoms with Crippen LogP contribution in [-0.4, -0.2) is 43.6 Å². The molecule has 1 aromatic carbocycles. The van der Waals surface area contributed by atoms with Crippen LogP contribution in [0.3, 0.4) is 0 Å². The Hall–Kier alpha value is -2.91. The molecule has 0 aliphatic carbocycles. The minimum Gasteiger partial charge on any atom is -0.494 e. The highest BCUT2D eigenvalue weighted by atomic mass is 16.5. The molecule has 2 rings (SSSR count). The number of hydrogen-bond acceptors (Lipinski definition) is 5. The summed E-state index contributed by atoms with van der Waals surface area (Å²) in [5, 5.41) is 9.34. The van der Waals surface area contributed by atoms with Crippen LogP contribution in [0.1, 0.15) is 32.3 Å². The van der Waals surface area contributed by atoms with E-state index in [4.69, 9.17) is 9.47 Å². The molecule has 6 nitrogen and oxygen atoms in total. The lowest BCUT2D eigenvalue weighted by atomic mass is 9.93. The summed E-state index contributed by atoms with van der Waals surface area (Å²) in [6.07, 6.45) is 3.75. The first-order valence-corrected chi connectivity index (χ1v) is 8.94. The van der Waals surface area contributed by atoms with Crippen LogP contribution in [0.25, 0.3) is 6.08 Å². The van der Waals surface area contributed by atoms with Crippen molar-refractivity contribution in [2.45, 2.75) is 26.7 Å². The summed E-state index contributed by atoms with van der Waals surface area (Å²) in [4.78, 5) is 26.2. The Kier molecular flexibility index (Phi) is 7.33. The molecular weight excluding hydrogens is 344 g/mol. The highest BCUT2D eigenvalue weighted by molar-refractivity contribution is 6.19. The molecule has 0 bridgehead atoms. The van der Waals surface area contributed by atoms with E-state index in [-0.39, 0.29) is 18.7 Å². The van der Waals surface area contributed by atoms with Crippen molar-refractivity contribution in [2.24, 2.45) is 0 Å². The highest BCUT2D eigenvalue weighted by Crippen LogP contribution is 2.27. The Morgan fingerprint density at radius 3 is 2.44 bits per heavy atom. The summed E-state index contributed by atoms with van der Waals surface area (Å²) in [6, 6.07) is 9.29. The van der Waals surface area contributed by atoms with Crippen molar-refractivity contribution < 1.29 is 19.1 Å². The van der Waals surface area contributed by atoms with E-state index in [1.807, 2.05) is 30.3 Å². The van der Waals surface area contributed by atoms with Gasteiger partial charge in [0.15, 0.2) is 0 Å². The van der Waals surface area contributed by atoms with Gasteiger partial charge in [0.1, 0.15) is 17.4 Å². The van der Waals surface area contributed by atoms with Crippen LogP contribution in [0.4, 0.5) is 0 Å². The zero-order valence-electron chi connectivity index (χ0n) is 15.9. The fraction of sp³-hybridized carbons (Fsp3) is 0.381. The van der Waals surface area contributed by atoms with E-state index in [1.54, 1.807) is 13.0 Å². The lowest BCUT2D eigenvalue weighted by Gasteiger charge is -2.27. The van der Waals surface area contributed by atoms with Crippen LogP contribution < -0.4 is 4.74 Å². The predicted molar refractivity (Wildman–Crippen MR) is 102 cm³/mol. The summed E-state index contributed by atoms with van der Waals surface area (Å²) in [7, 11) is 1.49. The zero-order valence-corrected chi connectivity index (χ0v) is 15.9. The van der Waals surface area contributed by atoms with Crippen LogP contribution in [-0.2, 0) is 14.3 Å². The molecule has 1 aliphatic rings. The molecule has 6 heteroatoms. The van der Waals surface area contributed by atoms with E-state index < -0.39 is 11.8 Å². The third-order valence-corrected chi connectivity index (χ3v) is 4.30. The molecule has 1 heterocycles. The van der Waals surface area contributed by atoms with Crippen molar-refractivity contribution in [3.05, 3.63) is 46.5 Å². The van der Waals surface area contributed by atoms with Gasteiger partial charge in [-0.3, -0.25) is 14.5 Å². The Morgan fingerprint density at radius 1 is 1.15 bits per heavy atom. The molecule has 0 aromatic heterocycles. The average molecular weight is 368 g/mol. The molecule has 0 unspecified atom stereocenters. The average Bonchev–Trinajstić information content (AvgIpc) is 2.67. The summed E-state index contributed by atoms with van der Waals surface area (Å²) in [6.45, 7) is 4.71.